The molecule has 6 aliphatic rings. The summed E-state index contributed by atoms with van der Waals surface area (Å²) in [4.78, 5) is 24.7. The first-order valence-corrected chi connectivity index (χ1v) is 10.2. The number of rotatable bonds is 4. The van der Waals surface area contributed by atoms with Crippen molar-refractivity contribution < 1.29 is 14.7 Å². The lowest BCUT2D eigenvalue weighted by Crippen LogP contribution is -2.57. The predicted octanol–water partition coefficient (Wildman–Crippen LogP) is 3.23. The summed E-state index contributed by atoms with van der Waals surface area (Å²) in [5.74, 6) is 1.05. The molecule has 0 spiro atoms. The molecule has 4 nitrogen and oxygen atoms in total. The lowest BCUT2D eigenvalue weighted by molar-refractivity contribution is -0.148. The summed E-state index contributed by atoms with van der Waals surface area (Å²) in [6.45, 7) is 2.18. The van der Waals surface area contributed by atoms with E-state index in [0.717, 1.165) is 24.2 Å². The normalized spacial score (nSPS) is 50.2. The fraction of sp³-hybridized carbons (Fsp3) is 0.810. The zero-order valence-corrected chi connectivity index (χ0v) is 15.0. The van der Waals surface area contributed by atoms with E-state index in [0.29, 0.717) is 0 Å². The average molecular weight is 343 g/mol. The number of fused-ring (bicyclic) bond motifs is 2. The Morgan fingerprint density at radius 3 is 2.00 bits per heavy atom. The molecule has 5 saturated carbocycles. The lowest BCUT2D eigenvalue weighted by atomic mass is 9.48. The molecule has 0 radical (unpaired) electrons. The molecule has 0 aromatic rings. The highest BCUT2D eigenvalue weighted by atomic mass is 16.4. The van der Waals surface area contributed by atoms with Gasteiger partial charge in [0.2, 0.25) is 5.91 Å². The maximum Gasteiger partial charge on any atom is 0.307 e. The average Bonchev–Trinajstić information content (AvgIpc) is 3.14. The number of hydrogen-bond acceptors (Lipinski definition) is 2. The molecule has 5 fully saturated rings. The van der Waals surface area contributed by atoms with Crippen molar-refractivity contribution in [1.82, 2.24) is 5.32 Å². The number of nitrogens with one attached hydrogen (secondary N) is 1. The second kappa shape index (κ2) is 5.34. The fourth-order valence-corrected chi connectivity index (χ4v) is 7.69. The van der Waals surface area contributed by atoms with Gasteiger partial charge in [0.15, 0.2) is 0 Å². The van der Waals surface area contributed by atoms with Crippen molar-refractivity contribution in [2.24, 2.45) is 46.8 Å². The van der Waals surface area contributed by atoms with Crippen LogP contribution in [0.5, 0.6) is 0 Å². The Labute approximate surface area is 149 Å². The highest BCUT2D eigenvalue weighted by Crippen LogP contribution is 2.61. The molecule has 2 N–H and O–H groups in total. The Bertz CT molecular complexity index is 604. The third-order valence-corrected chi connectivity index (χ3v) is 8.41. The van der Waals surface area contributed by atoms with E-state index in [4.69, 9.17) is 0 Å². The van der Waals surface area contributed by atoms with Crippen molar-refractivity contribution in [1.29, 1.82) is 0 Å². The molecule has 4 heteroatoms. The SMILES string of the molecule is C[C@H](NC(=O)[C@@H]1[C@@H](C(=O)O)[C@H]2C=C[C@@H]1C2)C12CC3CC(CC(C3)C1)C2. The van der Waals surface area contributed by atoms with Crippen molar-refractivity contribution in [2.45, 2.75) is 57.9 Å². The highest BCUT2D eigenvalue weighted by molar-refractivity contribution is 5.87. The Morgan fingerprint density at radius 2 is 1.48 bits per heavy atom. The van der Waals surface area contributed by atoms with Gasteiger partial charge in [0, 0.05) is 6.04 Å². The Hall–Kier alpha value is -1.32. The van der Waals surface area contributed by atoms with Crippen LogP contribution < -0.4 is 5.32 Å². The Balaban J connectivity index is 1.33. The maximum absolute atomic E-state index is 13.0. The molecule has 25 heavy (non-hydrogen) atoms. The summed E-state index contributed by atoms with van der Waals surface area (Å²) >= 11 is 0. The zero-order valence-electron chi connectivity index (χ0n) is 15.0. The van der Waals surface area contributed by atoms with E-state index in [1.807, 2.05) is 6.08 Å². The number of carbonyl (C=O) groups excluding carboxylic acids is 1. The quantitative estimate of drug-likeness (QED) is 0.770. The van der Waals surface area contributed by atoms with Crippen LogP contribution in [-0.2, 0) is 9.59 Å². The third kappa shape index (κ3) is 2.32. The first kappa shape index (κ1) is 15.9. The summed E-state index contributed by atoms with van der Waals surface area (Å²) in [5.41, 5.74) is 0.274. The monoisotopic (exact) mass is 343 g/mol. The van der Waals surface area contributed by atoms with E-state index < -0.39 is 11.9 Å². The van der Waals surface area contributed by atoms with Gasteiger partial charge >= 0.3 is 5.97 Å². The minimum Gasteiger partial charge on any atom is -0.481 e. The van der Waals surface area contributed by atoms with Gasteiger partial charge in [-0.05, 0) is 86.9 Å². The first-order valence-electron chi connectivity index (χ1n) is 10.2. The molecule has 0 aromatic carbocycles. The molecule has 0 heterocycles. The van der Waals surface area contributed by atoms with Gasteiger partial charge in [-0.1, -0.05) is 12.2 Å². The summed E-state index contributed by atoms with van der Waals surface area (Å²) in [6, 6.07) is 0.172. The zero-order chi connectivity index (χ0) is 17.3. The van der Waals surface area contributed by atoms with Crippen LogP contribution in [0.3, 0.4) is 0 Å². The topological polar surface area (TPSA) is 66.4 Å². The smallest absolute Gasteiger partial charge is 0.307 e. The molecule has 0 aromatic heterocycles. The summed E-state index contributed by atoms with van der Waals surface area (Å²) in [7, 11) is 0. The molecule has 0 aliphatic heterocycles. The van der Waals surface area contributed by atoms with Gasteiger partial charge in [-0.15, -0.1) is 0 Å². The Morgan fingerprint density at radius 1 is 0.960 bits per heavy atom. The van der Waals surface area contributed by atoms with Gasteiger partial charge in [0.25, 0.3) is 0 Å². The first-order chi connectivity index (χ1) is 11.9. The molecule has 0 unspecified atom stereocenters. The van der Waals surface area contributed by atoms with Gasteiger partial charge in [0.05, 0.1) is 11.8 Å². The molecule has 136 valence electrons. The van der Waals surface area contributed by atoms with Crippen molar-refractivity contribution >= 4 is 11.9 Å². The largest absolute Gasteiger partial charge is 0.481 e. The molecule has 1 amide bonds. The summed E-state index contributed by atoms with van der Waals surface area (Å²) in [5, 5.41) is 12.9. The minimum atomic E-state index is -0.806. The number of carboxylic acid groups (broad SMARTS) is 1. The number of carboxylic acids is 1. The van der Waals surface area contributed by atoms with E-state index >= 15 is 0 Å². The number of amides is 1. The second-order valence-electron chi connectivity index (χ2n) is 9.85. The van der Waals surface area contributed by atoms with Crippen LogP contribution in [0.15, 0.2) is 12.2 Å². The van der Waals surface area contributed by atoms with E-state index in [-0.39, 0.29) is 35.1 Å². The van der Waals surface area contributed by atoms with Crippen molar-refractivity contribution in [3.05, 3.63) is 12.2 Å². The van der Waals surface area contributed by atoms with Crippen molar-refractivity contribution in [2.75, 3.05) is 0 Å². The molecule has 6 bridgehead atoms. The van der Waals surface area contributed by atoms with Crippen LogP contribution in [-0.4, -0.2) is 23.0 Å². The molecular weight excluding hydrogens is 314 g/mol. The number of aliphatic carboxylic acids is 1. The lowest BCUT2D eigenvalue weighted by Gasteiger charge is -2.59. The van der Waals surface area contributed by atoms with E-state index in [1.165, 1.54) is 38.5 Å². The number of allylic oxidation sites excluding steroid dienone is 2. The molecule has 0 saturated heterocycles. The van der Waals surface area contributed by atoms with E-state index in [9.17, 15) is 14.7 Å². The highest BCUT2D eigenvalue weighted by Gasteiger charge is 2.55. The van der Waals surface area contributed by atoms with Gasteiger partial charge in [-0.25, -0.2) is 0 Å². The van der Waals surface area contributed by atoms with Gasteiger partial charge < -0.3 is 10.4 Å². The number of hydrogen-bond donors (Lipinski definition) is 2. The van der Waals surface area contributed by atoms with Gasteiger partial charge in [-0.3, -0.25) is 9.59 Å². The van der Waals surface area contributed by atoms with Crippen LogP contribution in [0.1, 0.15) is 51.9 Å². The van der Waals surface area contributed by atoms with Crippen molar-refractivity contribution in [3.63, 3.8) is 0 Å². The fourth-order valence-electron chi connectivity index (χ4n) is 7.69. The summed E-state index contributed by atoms with van der Waals surface area (Å²) < 4.78 is 0. The number of carbonyl (C=O) groups is 2. The Kier molecular flexibility index (Phi) is 3.40. The predicted molar refractivity (Wildman–Crippen MR) is 93.6 cm³/mol. The second-order valence-corrected chi connectivity index (χ2v) is 9.85. The molecule has 6 aliphatic carbocycles. The maximum atomic E-state index is 13.0. The van der Waals surface area contributed by atoms with Crippen LogP contribution in [0, 0.1) is 46.8 Å². The molecule has 6 rings (SSSR count). The molecular formula is C21H29NO3. The van der Waals surface area contributed by atoms with Crippen LogP contribution in [0.4, 0.5) is 0 Å². The van der Waals surface area contributed by atoms with Gasteiger partial charge in [-0.2, -0.15) is 0 Å². The molecule has 5 atom stereocenters. The van der Waals surface area contributed by atoms with Gasteiger partial charge in [0.1, 0.15) is 0 Å². The summed E-state index contributed by atoms with van der Waals surface area (Å²) in [6.07, 6.45) is 12.9. The van der Waals surface area contributed by atoms with E-state index in [1.54, 1.807) is 0 Å². The minimum absolute atomic E-state index is 0.00695. The van der Waals surface area contributed by atoms with Crippen LogP contribution >= 0.6 is 0 Å². The van der Waals surface area contributed by atoms with Crippen molar-refractivity contribution in [3.8, 4) is 0 Å². The van der Waals surface area contributed by atoms with Crippen LogP contribution in [0.2, 0.25) is 0 Å². The van der Waals surface area contributed by atoms with Crippen LogP contribution in [0.25, 0.3) is 0 Å². The third-order valence-electron chi connectivity index (χ3n) is 8.41. The standard InChI is InChI=1S/C21H29NO3/c1-11(21-8-12-4-13(9-21)6-14(5-12)10-21)22-19(23)17-15-2-3-16(7-15)18(17)20(24)25/h2-3,11-18H,4-10H2,1H3,(H,22,23)(H,24,25)/t11-,12?,13?,14?,15+,16-,17-,18-,21?/m0/s1. The van der Waals surface area contributed by atoms with E-state index in [2.05, 4.69) is 18.3 Å².